The van der Waals surface area contributed by atoms with Gasteiger partial charge in [0.2, 0.25) is 0 Å². The van der Waals surface area contributed by atoms with Crippen molar-refractivity contribution in [1.29, 1.82) is 0 Å². The van der Waals surface area contributed by atoms with E-state index in [4.69, 9.17) is 17.3 Å². The monoisotopic (exact) mass is 312 g/mol. The minimum Gasteiger partial charge on any atom is -0.324 e. The highest BCUT2D eigenvalue weighted by molar-refractivity contribution is 7.99. The maximum Gasteiger partial charge on any atom is 0.339 e. The maximum atomic E-state index is 11.3. The van der Waals surface area contributed by atoms with E-state index in [1.165, 1.54) is 16.4 Å². The topological polar surface area (TPSA) is 93.8 Å². The molecule has 20 heavy (non-hydrogen) atoms. The molecular weight excluding hydrogens is 300 g/mol. The molecule has 8 heteroatoms. The van der Waals surface area contributed by atoms with Gasteiger partial charge in [-0.1, -0.05) is 17.7 Å². The highest BCUT2D eigenvalue weighted by Gasteiger charge is 2.10. The molecule has 0 saturated heterocycles. The van der Waals surface area contributed by atoms with Crippen LogP contribution in [0.2, 0.25) is 5.02 Å². The third-order valence-electron chi connectivity index (χ3n) is 2.63. The van der Waals surface area contributed by atoms with Gasteiger partial charge in [0, 0.05) is 18.0 Å². The second-order valence-corrected chi connectivity index (χ2v) is 5.70. The summed E-state index contributed by atoms with van der Waals surface area (Å²) in [6.07, 6.45) is 0. The number of hydrogen-bond donors (Lipinski definition) is 2. The summed E-state index contributed by atoms with van der Waals surface area (Å²) >= 11 is 7.38. The Bertz CT molecular complexity index is 754. The quantitative estimate of drug-likeness (QED) is 0.833. The number of aromatic amines is 1. The lowest BCUT2D eigenvalue weighted by Gasteiger charge is -2.10. The number of hydrogen-bond acceptors (Lipinski definition) is 5. The Kier molecular flexibility index (Phi) is 4.32. The molecule has 1 aromatic carbocycles. The SMILES string of the molecule is C[C@@H](N)c1ccc(Sc2nc(=O)c(=O)[nH]n2C)c(Cl)c1. The molecule has 6 nitrogen and oxygen atoms in total. The first kappa shape index (κ1) is 14.8. The standard InChI is InChI=1S/C12H13ClN4O2S/c1-6(14)7-3-4-9(8(13)5-7)20-12-15-10(18)11(19)16-17(12)2/h3-6H,14H2,1-2H3,(H,16,19)/t6-/m1/s1. The predicted octanol–water partition coefficient (Wildman–Crippen LogP) is 1.29. The number of aromatic nitrogens is 3. The Hall–Kier alpha value is -1.57. The van der Waals surface area contributed by atoms with Gasteiger partial charge in [-0.15, -0.1) is 0 Å². The number of nitrogens with one attached hydrogen (secondary N) is 1. The Labute approximate surface area is 124 Å². The van der Waals surface area contributed by atoms with Crippen molar-refractivity contribution in [1.82, 2.24) is 14.8 Å². The van der Waals surface area contributed by atoms with Crippen LogP contribution in [0.25, 0.3) is 0 Å². The van der Waals surface area contributed by atoms with Crippen molar-refractivity contribution in [3.63, 3.8) is 0 Å². The number of H-pyrrole nitrogens is 1. The second-order valence-electron chi connectivity index (χ2n) is 4.28. The first-order valence-corrected chi connectivity index (χ1v) is 6.98. The molecule has 2 rings (SSSR count). The zero-order valence-electron chi connectivity index (χ0n) is 10.9. The molecule has 106 valence electrons. The van der Waals surface area contributed by atoms with Crippen LogP contribution in [-0.2, 0) is 7.05 Å². The summed E-state index contributed by atoms with van der Waals surface area (Å²) < 4.78 is 1.38. The molecule has 1 atom stereocenters. The van der Waals surface area contributed by atoms with Gasteiger partial charge in [-0.25, -0.2) is 0 Å². The average Bonchev–Trinajstić information content (AvgIpc) is 2.37. The highest BCUT2D eigenvalue weighted by atomic mass is 35.5. The fourth-order valence-electron chi connectivity index (χ4n) is 1.53. The second kappa shape index (κ2) is 5.82. The van der Waals surface area contributed by atoms with Crippen molar-refractivity contribution < 1.29 is 0 Å². The number of rotatable bonds is 3. The molecule has 0 aliphatic heterocycles. The van der Waals surface area contributed by atoms with Crippen LogP contribution in [0.3, 0.4) is 0 Å². The van der Waals surface area contributed by atoms with Crippen LogP contribution < -0.4 is 16.9 Å². The van der Waals surface area contributed by atoms with E-state index < -0.39 is 11.1 Å². The zero-order chi connectivity index (χ0) is 14.9. The Morgan fingerprint density at radius 2 is 2.15 bits per heavy atom. The summed E-state index contributed by atoms with van der Waals surface area (Å²) in [6.45, 7) is 1.87. The summed E-state index contributed by atoms with van der Waals surface area (Å²) in [7, 11) is 1.60. The number of aryl methyl sites for hydroxylation is 1. The summed E-state index contributed by atoms with van der Waals surface area (Å²) in [5, 5.41) is 3.25. The molecular formula is C12H13ClN4O2S. The molecule has 0 radical (unpaired) electrons. The Balaban J connectivity index is 2.38. The fraction of sp³-hybridized carbons (Fsp3) is 0.250. The lowest BCUT2D eigenvalue weighted by molar-refractivity contribution is 0.596. The van der Waals surface area contributed by atoms with E-state index in [-0.39, 0.29) is 6.04 Å². The third-order valence-corrected chi connectivity index (χ3v) is 4.18. The lowest BCUT2D eigenvalue weighted by atomic mass is 10.1. The molecule has 0 unspecified atom stereocenters. The number of benzene rings is 1. The van der Waals surface area contributed by atoms with Crippen LogP contribution in [-0.4, -0.2) is 14.8 Å². The van der Waals surface area contributed by atoms with Gasteiger partial charge in [0.25, 0.3) is 0 Å². The average molecular weight is 313 g/mol. The van der Waals surface area contributed by atoms with Gasteiger partial charge in [-0.2, -0.15) is 4.98 Å². The van der Waals surface area contributed by atoms with Crippen molar-refractivity contribution in [2.45, 2.75) is 23.0 Å². The van der Waals surface area contributed by atoms with Gasteiger partial charge in [0.05, 0.1) is 5.02 Å². The van der Waals surface area contributed by atoms with Crippen molar-refractivity contribution in [2.24, 2.45) is 12.8 Å². The van der Waals surface area contributed by atoms with Crippen molar-refractivity contribution >= 4 is 23.4 Å². The fourth-order valence-corrected chi connectivity index (χ4v) is 2.64. The molecule has 0 fully saturated rings. The van der Waals surface area contributed by atoms with Crippen molar-refractivity contribution in [3.05, 3.63) is 49.5 Å². The van der Waals surface area contributed by atoms with Gasteiger partial charge in [-0.05, 0) is 36.4 Å². The van der Waals surface area contributed by atoms with E-state index in [2.05, 4.69) is 10.1 Å². The van der Waals surface area contributed by atoms with E-state index in [9.17, 15) is 9.59 Å². The number of nitrogens with two attached hydrogens (primary N) is 1. The van der Waals surface area contributed by atoms with E-state index in [0.29, 0.717) is 10.2 Å². The smallest absolute Gasteiger partial charge is 0.324 e. The van der Waals surface area contributed by atoms with E-state index in [0.717, 1.165) is 10.5 Å². The zero-order valence-corrected chi connectivity index (χ0v) is 12.5. The summed E-state index contributed by atoms with van der Waals surface area (Å²) in [4.78, 5) is 26.8. The first-order valence-electron chi connectivity index (χ1n) is 5.78. The molecule has 0 aliphatic carbocycles. The highest BCUT2D eigenvalue weighted by Crippen LogP contribution is 2.32. The third kappa shape index (κ3) is 3.12. The van der Waals surface area contributed by atoms with Crippen LogP contribution in [0, 0.1) is 0 Å². The molecule has 0 amide bonds. The molecule has 1 aromatic heterocycles. The predicted molar refractivity (Wildman–Crippen MR) is 78.3 cm³/mol. The summed E-state index contributed by atoms with van der Waals surface area (Å²) in [6, 6.07) is 5.34. The van der Waals surface area contributed by atoms with Gasteiger partial charge in [0.1, 0.15) is 0 Å². The van der Waals surface area contributed by atoms with Crippen molar-refractivity contribution in [2.75, 3.05) is 0 Å². The minimum absolute atomic E-state index is 0.109. The van der Waals surface area contributed by atoms with Crippen LogP contribution >= 0.6 is 23.4 Å². The van der Waals surface area contributed by atoms with Crippen LogP contribution in [0.5, 0.6) is 0 Å². The molecule has 3 N–H and O–H groups in total. The number of nitrogens with zero attached hydrogens (tertiary/aromatic N) is 2. The van der Waals surface area contributed by atoms with E-state index >= 15 is 0 Å². The van der Waals surface area contributed by atoms with E-state index in [1.54, 1.807) is 13.1 Å². The van der Waals surface area contributed by atoms with Crippen LogP contribution in [0.15, 0.2) is 37.8 Å². The van der Waals surface area contributed by atoms with Crippen molar-refractivity contribution in [3.8, 4) is 0 Å². The molecule has 0 spiro atoms. The first-order chi connectivity index (χ1) is 9.38. The van der Waals surface area contributed by atoms with Gasteiger partial charge < -0.3 is 5.73 Å². The minimum atomic E-state index is -0.825. The van der Waals surface area contributed by atoms with Gasteiger partial charge in [-0.3, -0.25) is 19.4 Å². The lowest BCUT2D eigenvalue weighted by Crippen LogP contribution is -2.33. The Morgan fingerprint density at radius 3 is 2.75 bits per heavy atom. The number of halogens is 1. The van der Waals surface area contributed by atoms with Crippen LogP contribution in [0.1, 0.15) is 18.5 Å². The van der Waals surface area contributed by atoms with Gasteiger partial charge >= 0.3 is 11.1 Å². The molecule has 1 heterocycles. The van der Waals surface area contributed by atoms with Crippen LogP contribution in [0.4, 0.5) is 0 Å². The summed E-state index contributed by atoms with van der Waals surface area (Å²) in [5.41, 5.74) is 5.12. The molecule has 0 saturated carbocycles. The Morgan fingerprint density at radius 1 is 1.45 bits per heavy atom. The van der Waals surface area contributed by atoms with Gasteiger partial charge in [0.15, 0.2) is 5.16 Å². The normalized spacial score (nSPS) is 12.4. The maximum absolute atomic E-state index is 11.3. The molecule has 0 bridgehead atoms. The molecule has 2 aromatic rings. The summed E-state index contributed by atoms with van der Waals surface area (Å²) in [5.74, 6) is 0. The largest absolute Gasteiger partial charge is 0.339 e. The molecule has 0 aliphatic rings. The van der Waals surface area contributed by atoms with E-state index in [1.807, 2.05) is 19.1 Å².